The van der Waals surface area contributed by atoms with Gasteiger partial charge in [-0.2, -0.15) is 0 Å². The van der Waals surface area contributed by atoms with E-state index in [2.05, 4.69) is 34.1 Å². The minimum Gasteiger partial charge on any atom is -0.507 e. The number of aromatic nitrogens is 1. The van der Waals surface area contributed by atoms with Gasteiger partial charge in [-0.15, -0.1) is 0 Å². The molecule has 1 N–H and O–H groups in total. The first kappa shape index (κ1) is 22.1. The molecule has 4 aromatic rings. The lowest BCUT2D eigenvalue weighted by molar-refractivity contribution is 0.413. The lowest BCUT2D eigenvalue weighted by atomic mass is 9.83. The highest BCUT2D eigenvalue weighted by Gasteiger charge is 2.32. The zero-order chi connectivity index (χ0) is 24.1. The standard InChI is InChI=1S/C28H21BrN2O3S/c1-34-20-7-4-6-17(14-20)26-22-11-9-16-5-2-3-8-21(16)25(22)30-28-31(26)27(33)24(35-28)15-18-13-19(29)10-12-23(18)32/h2-8,10,12-15,26,32H,9,11H2,1H3/b24-15+. The summed E-state index contributed by atoms with van der Waals surface area (Å²) in [4.78, 5) is 19.5. The molecule has 0 bridgehead atoms. The minimum atomic E-state index is -0.275. The van der Waals surface area contributed by atoms with E-state index in [1.54, 1.807) is 36.0 Å². The van der Waals surface area contributed by atoms with Crippen LogP contribution in [0.5, 0.6) is 11.5 Å². The van der Waals surface area contributed by atoms with Crippen LogP contribution in [0.15, 0.2) is 86.6 Å². The third-order valence-electron chi connectivity index (χ3n) is 6.56. The fourth-order valence-electron chi connectivity index (χ4n) is 4.92. The molecular formula is C28H21BrN2O3S. The van der Waals surface area contributed by atoms with E-state index in [4.69, 9.17) is 9.73 Å². The van der Waals surface area contributed by atoms with Gasteiger partial charge in [-0.25, -0.2) is 4.99 Å². The minimum absolute atomic E-state index is 0.119. The summed E-state index contributed by atoms with van der Waals surface area (Å²) in [5, 5.41) is 10.4. The van der Waals surface area contributed by atoms with Crippen LogP contribution in [0.25, 0.3) is 11.8 Å². The molecule has 0 amide bonds. The van der Waals surface area contributed by atoms with Crippen molar-refractivity contribution in [3.05, 3.63) is 119 Å². The Morgan fingerprint density at radius 2 is 1.97 bits per heavy atom. The second-order valence-corrected chi connectivity index (χ2v) is 10.5. The molecule has 5 nitrogen and oxygen atoms in total. The summed E-state index contributed by atoms with van der Waals surface area (Å²) in [6.07, 6.45) is 3.47. The Labute approximate surface area is 214 Å². The average Bonchev–Trinajstić information content (AvgIpc) is 3.19. The molecule has 3 aromatic carbocycles. The lowest BCUT2D eigenvalue weighted by Gasteiger charge is -2.31. The summed E-state index contributed by atoms with van der Waals surface area (Å²) in [5.41, 5.74) is 5.95. The molecule has 7 heteroatoms. The number of nitrogens with zero attached hydrogens (tertiary/aromatic N) is 2. The van der Waals surface area contributed by atoms with Gasteiger partial charge in [0.2, 0.25) is 0 Å². The molecule has 0 saturated heterocycles. The molecule has 35 heavy (non-hydrogen) atoms. The van der Waals surface area contributed by atoms with Gasteiger partial charge in [0, 0.05) is 15.6 Å². The fraction of sp³-hybridized carbons (Fsp3) is 0.143. The number of hydrogen-bond acceptors (Lipinski definition) is 5. The summed E-state index contributed by atoms with van der Waals surface area (Å²) >= 11 is 4.79. The first-order valence-corrected chi connectivity index (χ1v) is 12.9. The fourth-order valence-corrected chi connectivity index (χ4v) is 6.29. The molecule has 1 atom stereocenters. The van der Waals surface area contributed by atoms with Crippen LogP contribution in [0, 0.1) is 0 Å². The highest BCUT2D eigenvalue weighted by atomic mass is 79.9. The number of thiazole rings is 1. The molecule has 0 saturated carbocycles. The van der Waals surface area contributed by atoms with Crippen LogP contribution in [0.1, 0.15) is 34.7 Å². The number of halogens is 1. The number of hydrogen-bond donors (Lipinski definition) is 1. The van der Waals surface area contributed by atoms with Crippen molar-refractivity contribution < 1.29 is 9.84 Å². The topological polar surface area (TPSA) is 63.8 Å². The van der Waals surface area contributed by atoms with E-state index in [0.717, 1.165) is 45.5 Å². The monoisotopic (exact) mass is 544 g/mol. The largest absolute Gasteiger partial charge is 0.507 e. The van der Waals surface area contributed by atoms with Gasteiger partial charge < -0.3 is 9.84 Å². The van der Waals surface area contributed by atoms with E-state index in [1.165, 1.54) is 16.9 Å². The Morgan fingerprint density at radius 3 is 2.83 bits per heavy atom. The van der Waals surface area contributed by atoms with E-state index in [1.807, 2.05) is 30.3 Å². The van der Waals surface area contributed by atoms with Gasteiger partial charge in [-0.05, 0) is 65.9 Å². The number of benzene rings is 3. The summed E-state index contributed by atoms with van der Waals surface area (Å²) in [6.45, 7) is 0. The van der Waals surface area contributed by atoms with Gasteiger partial charge in [0.1, 0.15) is 11.5 Å². The maximum Gasteiger partial charge on any atom is 0.271 e. The highest BCUT2D eigenvalue weighted by molar-refractivity contribution is 9.10. The number of phenols is 1. The van der Waals surface area contributed by atoms with Crippen LogP contribution in [-0.4, -0.2) is 16.8 Å². The quantitative estimate of drug-likeness (QED) is 0.403. The molecule has 6 rings (SSSR count). The van der Waals surface area contributed by atoms with Crippen LogP contribution < -0.4 is 19.6 Å². The van der Waals surface area contributed by atoms with Crippen molar-refractivity contribution in [3.63, 3.8) is 0 Å². The van der Waals surface area contributed by atoms with E-state index in [0.29, 0.717) is 14.9 Å². The van der Waals surface area contributed by atoms with Crippen molar-refractivity contribution in [2.45, 2.75) is 18.9 Å². The number of phenolic OH excluding ortho intramolecular Hbond substituents is 1. The summed E-state index contributed by atoms with van der Waals surface area (Å²) in [5.74, 6) is 0.871. The first-order chi connectivity index (χ1) is 17.0. The third-order valence-corrected chi connectivity index (χ3v) is 8.03. The normalized spacial score (nSPS) is 16.9. The summed E-state index contributed by atoms with van der Waals surface area (Å²) in [6, 6.07) is 21.2. The Kier molecular flexibility index (Phi) is 5.46. The smallest absolute Gasteiger partial charge is 0.271 e. The van der Waals surface area contributed by atoms with E-state index in [9.17, 15) is 9.90 Å². The molecule has 1 aromatic heterocycles. The van der Waals surface area contributed by atoms with Gasteiger partial charge in [-0.1, -0.05) is 63.7 Å². The van der Waals surface area contributed by atoms with Crippen molar-refractivity contribution in [3.8, 4) is 11.5 Å². The van der Waals surface area contributed by atoms with Gasteiger partial charge in [-0.3, -0.25) is 9.36 Å². The number of methoxy groups -OCH3 is 1. The van der Waals surface area contributed by atoms with Crippen molar-refractivity contribution in [1.29, 1.82) is 0 Å². The second kappa shape index (κ2) is 8.66. The number of aromatic hydroxyl groups is 1. The highest BCUT2D eigenvalue weighted by Crippen LogP contribution is 2.41. The molecular weight excluding hydrogens is 524 g/mol. The Balaban J connectivity index is 1.64. The molecule has 1 unspecified atom stereocenters. The molecule has 0 fully saturated rings. The zero-order valence-electron chi connectivity index (χ0n) is 18.9. The Hall–Kier alpha value is -3.42. The molecule has 1 aliphatic heterocycles. The van der Waals surface area contributed by atoms with Gasteiger partial charge in [0.15, 0.2) is 4.80 Å². The third kappa shape index (κ3) is 3.75. The van der Waals surface area contributed by atoms with Crippen molar-refractivity contribution in [2.24, 2.45) is 4.99 Å². The molecule has 2 heterocycles. The SMILES string of the molecule is COc1cccc(C2C3=C(N=c4s/c(=C/c5cc(Br)ccc5O)c(=O)n42)c2ccccc2CC3)c1. The number of allylic oxidation sites excluding steroid dienone is 1. The zero-order valence-corrected chi connectivity index (χ0v) is 21.3. The van der Waals surface area contributed by atoms with Crippen LogP contribution >= 0.6 is 27.3 Å². The van der Waals surface area contributed by atoms with Crippen LogP contribution in [0.2, 0.25) is 0 Å². The van der Waals surface area contributed by atoms with Gasteiger partial charge in [0.05, 0.1) is 23.4 Å². The van der Waals surface area contributed by atoms with Gasteiger partial charge in [0.25, 0.3) is 5.56 Å². The maximum atomic E-state index is 13.8. The van der Waals surface area contributed by atoms with Crippen LogP contribution in [0.4, 0.5) is 0 Å². The first-order valence-electron chi connectivity index (χ1n) is 11.3. The van der Waals surface area contributed by atoms with E-state index in [-0.39, 0.29) is 17.4 Å². The molecule has 0 spiro atoms. The van der Waals surface area contributed by atoms with E-state index >= 15 is 0 Å². The van der Waals surface area contributed by atoms with Crippen molar-refractivity contribution in [1.82, 2.24) is 4.57 Å². The molecule has 174 valence electrons. The number of aryl methyl sites for hydroxylation is 1. The van der Waals surface area contributed by atoms with Crippen molar-refractivity contribution in [2.75, 3.05) is 7.11 Å². The molecule has 0 radical (unpaired) electrons. The lowest BCUT2D eigenvalue weighted by Crippen LogP contribution is -2.38. The number of rotatable bonds is 3. The second-order valence-electron chi connectivity index (χ2n) is 8.59. The predicted molar refractivity (Wildman–Crippen MR) is 142 cm³/mol. The summed E-state index contributed by atoms with van der Waals surface area (Å²) in [7, 11) is 1.65. The predicted octanol–water partition coefficient (Wildman–Crippen LogP) is 4.80. The molecule has 1 aliphatic carbocycles. The maximum absolute atomic E-state index is 13.8. The average molecular weight is 545 g/mol. The van der Waals surface area contributed by atoms with E-state index < -0.39 is 0 Å². The molecule has 2 aliphatic rings. The number of fused-ring (bicyclic) bond motifs is 3. The van der Waals surface area contributed by atoms with Gasteiger partial charge >= 0.3 is 0 Å². The number of ether oxygens (including phenoxy) is 1. The van der Waals surface area contributed by atoms with Crippen LogP contribution in [0.3, 0.4) is 0 Å². The van der Waals surface area contributed by atoms with Crippen molar-refractivity contribution >= 4 is 39.0 Å². The van der Waals surface area contributed by atoms with Crippen LogP contribution in [-0.2, 0) is 6.42 Å². The Morgan fingerprint density at radius 1 is 1.11 bits per heavy atom. The Bertz CT molecular complexity index is 1700. The summed E-state index contributed by atoms with van der Waals surface area (Å²) < 4.78 is 8.66.